The molecule has 2 aromatic rings. The first kappa shape index (κ1) is 16.9. The third-order valence-electron chi connectivity index (χ3n) is 3.56. The van der Waals surface area contributed by atoms with E-state index in [0.717, 1.165) is 5.69 Å². The average Bonchev–Trinajstić information content (AvgIpc) is 2.86. The van der Waals surface area contributed by atoms with Crippen molar-refractivity contribution in [3.63, 3.8) is 0 Å². The Labute approximate surface area is 134 Å². The van der Waals surface area contributed by atoms with Crippen LogP contribution in [-0.2, 0) is 4.79 Å². The van der Waals surface area contributed by atoms with E-state index in [0.29, 0.717) is 23.1 Å². The lowest BCUT2D eigenvalue weighted by Crippen LogP contribution is -2.29. The number of nitrogens with one attached hydrogen (secondary N) is 1. The number of hydrogen-bond acceptors (Lipinski definition) is 4. The molecule has 0 saturated carbocycles. The van der Waals surface area contributed by atoms with Gasteiger partial charge in [0.15, 0.2) is 5.65 Å². The lowest BCUT2D eigenvalue weighted by atomic mass is 10.1. The zero-order valence-corrected chi connectivity index (χ0v) is 13.8. The van der Waals surface area contributed by atoms with Gasteiger partial charge in [0.1, 0.15) is 0 Å². The normalized spacial score (nSPS) is 12.6. The number of carboxylic acids is 1. The van der Waals surface area contributed by atoms with Gasteiger partial charge in [-0.25, -0.2) is 9.67 Å². The summed E-state index contributed by atoms with van der Waals surface area (Å²) in [7, 11) is 0. The molecule has 2 aromatic heterocycles. The van der Waals surface area contributed by atoms with Gasteiger partial charge in [0.25, 0.3) is 5.91 Å². The zero-order valence-electron chi connectivity index (χ0n) is 13.8. The molecule has 124 valence electrons. The van der Waals surface area contributed by atoms with Crippen molar-refractivity contribution in [2.45, 2.75) is 40.2 Å². The average molecular weight is 318 g/mol. The van der Waals surface area contributed by atoms with Crippen LogP contribution in [0.4, 0.5) is 0 Å². The van der Waals surface area contributed by atoms with Crippen LogP contribution in [0.25, 0.3) is 11.0 Å². The first-order chi connectivity index (χ1) is 10.8. The van der Waals surface area contributed by atoms with Gasteiger partial charge in [0, 0.05) is 24.7 Å². The van der Waals surface area contributed by atoms with Gasteiger partial charge in [0.2, 0.25) is 0 Å². The molecule has 0 aliphatic heterocycles. The van der Waals surface area contributed by atoms with Gasteiger partial charge in [-0.1, -0.05) is 6.92 Å². The minimum Gasteiger partial charge on any atom is -0.481 e. The number of carbonyl (C=O) groups excluding carboxylic acids is 1. The number of pyridine rings is 1. The molecule has 2 rings (SSSR count). The third kappa shape index (κ3) is 3.85. The van der Waals surface area contributed by atoms with Crippen molar-refractivity contribution in [3.8, 4) is 0 Å². The molecule has 0 fully saturated rings. The van der Waals surface area contributed by atoms with Gasteiger partial charge < -0.3 is 10.4 Å². The Morgan fingerprint density at radius 3 is 2.65 bits per heavy atom. The molecule has 1 unspecified atom stereocenters. The van der Waals surface area contributed by atoms with E-state index in [2.05, 4.69) is 15.4 Å². The maximum absolute atomic E-state index is 12.5. The van der Waals surface area contributed by atoms with Gasteiger partial charge in [-0.2, -0.15) is 5.10 Å². The highest BCUT2D eigenvalue weighted by Crippen LogP contribution is 2.21. The van der Waals surface area contributed by atoms with E-state index in [-0.39, 0.29) is 24.3 Å². The predicted molar refractivity (Wildman–Crippen MR) is 86.4 cm³/mol. The predicted octanol–water partition coefficient (Wildman–Crippen LogP) is 2.16. The fourth-order valence-electron chi connectivity index (χ4n) is 2.44. The van der Waals surface area contributed by atoms with Crippen molar-refractivity contribution >= 4 is 22.9 Å². The number of rotatable bonds is 6. The Kier molecular flexibility index (Phi) is 4.98. The van der Waals surface area contributed by atoms with Crippen LogP contribution in [0.2, 0.25) is 0 Å². The van der Waals surface area contributed by atoms with Gasteiger partial charge >= 0.3 is 5.97 Å². The molecular weight excluding hydrogens is 296 g/mol. The van der Waals surface area contributed by atoms with Gasteiger partial charge in [-0.3, -0.25) is 9.59 Å². The second-order valence-corrected chi connectivity index (χ2v) is 6.14. The van der Waals surface area contributed by atoms with Gasteiger partial charge in [-0.15, -0.1) is 0 Å². The summed E-state index contributed by atoms with van der Waals surface area (Å²) in [6.07, 6.45) is 1.67. The maximum atomic E-state index is 12.5. The zero-order chi connectivity index (χ0) is 17.1. The Hall–Kier alpha value is -2.44. The highest BCUT2D eigenvalue weighted by Gasteiger charge is 2.17. The van der Waals surface area contributed by atoms with E-state index in [1.165, 1.54) is 0 Å². The maximum Gasteiger partial charge on any atom is 0.303 e. The molecule has 7 nitrogen and oxygen atoms in total. The summed E-state index contributed by atoms with van der Waals surface area (Å²) in [5.74, 6) is -1.23. The second-order valence-electron chi connectivity index (χ2n) is 6.14. The van der Waals surface area contributed by atoms with Crippen LogP contribution >= 0.6 is 0 Å². The number of hydrogen-bond donors (Lipinski definition) is 2. The Bertz CT molecular complexity index is 736. The molecule has 0 aliphatic carbocycles. The highest BCUT2D eigenvalue weighted by atomic mass is 16.4. The summed E-state index contributed by atoms with van der Waals surface area (Å²) in [6, 6.07) is 1.87. The molecule has 0 bridgehead atoms. The van der Waals surface area contributed by atoms with E-state index in [4.69, 9.17) is 5.11 Å². The van der Waals surface area contributed by atoms with E-state index in [1.807, 2.05) is 20.8 Å². The Morgan fingerprint density at radius 2 is 2.04 bits per heavy atom. The lowest BCUT2D eigenvalue weighted by Gasteiger charge is -2.12. The van der Waals surface area contributed by atoms with Crippen molar-refractivity contribution in [1.29, 1.82) is 0 Å². The van der Waals surface area contributed by atoms with Crippen molar-refractivity contribution in [3.05, 3.63) is 23.5 Å². The fraction of sp³-hybridized carbons (Fsp3) is 0.500. The first-order valence-electron chi connectivity index (χ1n) is 7.64. The summed E-state index contributed by atoms with van der Waals surface area (Å²) in [5.41, 5.74) is 1.94. The monoisotopic (exact) mass is 318 g/mol. The van der Waals surface area contributed by atoms with E-state index in [1.54, 1.807) is 23.9 Å². The van der Waals surface area contributed by atoms with Crippen molar-refractivity contribution in [1.82, 2.24) is 20.1 Å². The van der Waals surface area contributed by atoms with Crippen LogP contribution in [0.1, 0.15) is 49.3 Å². The summed E-state index contributed by atoms with van der Waals surface area (Å²) in [4.78, 5) is 27.6. The summed E-state index contributed by atoms with van der Waals surface area (Å²) < 4.78 is 1.78. The molecule has 7 heteroatoms. The van der Waals surface area contributed by atoms with E-state index in [9.17, 15) is 9.59 Å². The number of aliphatic carboxylic acids is 1. The van der Waals surface area contributed by atoms with Crippen LogP contribution < -0.4 is 5.32 Å². The number of amides is 1. The van der Waals surface area contributed by atoms with Crippen molar-refractivity contribution in [2.75, 3.05) is 6.54 Å². The fourth-order valence-corrected chi connectivity index (χ4v) is 2.44. The number of carbonyl (C=O) groups is 2. The van der Waals surface area contributed by atoms with Crippen LogP contribution in [0.3, 0.4) is 0 Å². The molecule has 0 aromatic carbocycles. The van der Waals surface area contributed by atoms with Crippen LogP contribution in [0, 0.1) is 12.8 Å². The number of nitrogens with zero attached hydrogens (tertiary/aromatic N) is 3. The quantitative estimate of drug-likeness (QED) is 0.850. The van der Waals surface area contributed by atoms with Crippen LogP contribution in [0.5, 0.6) is 0 Å². The molecule has 0 spiro atoms. The Morgan fingerprint density at radius 1 is 1.35 bits per heavy atom. The summed E-state index contributed by atoms with van der Waals surface area (Å²) in [6.45, 7) is 7.94. The van der Waals surface area contributed by atoms with E-state index >= 15 is 0 Å². The molecule has 0 saturated heterocycles. The first-order valence-corrected chi connectivity index (χ1v) is 7.64. The molecule has 0 radical (unpaired) electrons. The second kappa shape index (κ2) is 6.76. The smallest absolute Gasteiger partial charge is 0.303 e. The lowest BCUT2D eigenvalue weighted by molar-refractivity contribution is -0.137. The number of fused-ring (bicyclic) bond motifs is 1. The standard InChI is InChI=1S/C16H22N4O3/c1-9(2)20-15-13(8-18-20)12(6-11(4)19-15)16(23)17-7-10(3)5-14(21)22/h6,8-10H,5,7H2,1-4H3,(H,17,23)(H,21,22). The molecule has 23 heavy (non-hydrogen) atoms. The molecule has 1 amide bonds. The minimum absolute atomic E-state index is 0.0242. The van der Waals surface area contributed by atoms with Crippen molar-refractivity contribution in [2.24, 2.45) is 5.92 Å². The Balaban J connectivity index is 2.25. The molecular formula is C16H22N4O3. The third-order valence-corrected chi connectivity index (χ3v) is 3.56. The summed E-state index contributed by atoms with van der Waals surface area (Å²) in [5, 5.41) is 16.6. The van der Waals surface area contributed by atoms with Gasteiger partial charge in [-0.05, 0) is 32.8 Å². The minimum atomic E-state index is -0.868. The van der Waals surface area contributed by atoms with Crippen LogP contribution in [0.15, 0.2) is 12.3 Å². The summed E-state index contributed by atoms with van der Waals surface area (Å²) >= 11 is 0. The number of aryl methyl sites for hydroxylation is 1. The van der Waals surface area contributed by atoms with Gasteiger partial charge in [0.05, 0.1) is 17.1 Å². The molecule has 2 N–H and O–H groups in total. The van der Waals surface area contributed by atoms with Crippen LogP contribution in [-0.4, -0.2) is 38.3 Å². The number of carboxylic acid groups (broad SMARTS) is 1. The SMILES string of the molecule is Cc1cc(C(=O)NCC(C)CC(=O)O)c2cnn(C(C)C)c2n1. The molecule has 1 atom stereocenters. The largest absolute Gasteiger partial charge is 0.481 e. The topological polar surface area (TPSA) is 97.1 Å². The molecule has 2 heterocycles. The van der Waals surface area contributed by atoms with E-state index < -0.39 is 5.97 Å². The molecule has 0 aliphatic rings. The highest BCUT2D eigenvalue weighted by molar-refractivity contribution is 6.05. The van der Waals surface area contributed by atoms with Crippen molar-refractivity contribution < 1.29 is 14.7 Å². The number of aromatic nitrogens is 3.